The molecule has 0 bridgehead atoms. The fraction of sp³-hybridized carbons (Fsp3) is 0.0667. The zero-order valence-electron chi connectivity index (χ0n) is 20.2. The molecule has 1 N–H and O–H groups in total. The van der Waals surface area contributed by atoms with Gasteiger partial charge in [-0.25, -0.2) is 9.78 Å². The maximum atomic E-state index is 13.6. The molecule has 6 rings (SSSR count). The number of hydrogen-bond donors (Lipinski definition) is 1. The summed E-state index contributed by atoms with van der Waals surface area (Å²) < 4.78 is 13.0. The molecule has 0 radical (unpaired) electrons. The maximum absolute atomic E-state index is 13.6. The summed E-state index contributed by atoms with van der Waals surface area (Å²) in [6.45, 7) is 1.45. The highest BCUT2D eigenvalue weighted by Gasteiger charge is 2.18. The third-order valence-corrected chi connectivity index (χ3v) is 6.28. The van der Waals surface area contributed by atoms with Gasteiger partial charge >= 0.3 is 5.97 Å². The third kappa shape index (κ3) is 4.08. The van der Waals surface area contributed by atoms with Gasteiger partial charge in [0.25, 0.3) is 5.56 Å². The molecular weight excluding hydrogens is 482 g/mol. The highest BCUT2D eigenvalue weighted by Crippen LogP contribution is 2.29. The van der Waals surface area contributed by atoms with Crippen molar-refractivity contribution in [3.8, 4) is 17.3 Å². The molecule has 0 aliphatic heterocycles. The van der Waals surface area contributed by atoms with Gasteiger partial charge in [0.05, 0.1) is 17.1 Å². The summed E-state index contributed by atoms with van der Waals surface area (Å²) in [5, 5.41) is 16.9. The number of fused-ring (bicyclic) bond motifs is 3. The second kappa shape index (κ2) is 9.33. The van der Waals surface area contributed by atoms with Gasteiger partial charge in [-0.3, -0.25) is 4.79 Å². The van der Waals surface area contributed by atoms with E-state index in [0.717, 1.165) is 16.2 Å². The average Bonchev–Trinajstić information content (AvgIpc) is 3.37. The van der Waals surface area contributed by atoms with Crippen molar-refractivity contribution in [1.29, 1.82) is 0 Å². The Morgan fingerprint density at radius 1 is 0.974 bits per heavy atom. The first-order valence-corrected chi connectivity index (χ1v) is 12.0. The largest absolute Gasteiger partial charge is 0.479 e. The fourth-order valence-corrected chi connectivity index (χ4v) is 4.35. The van der Waals surface area contributed by atoms with Crippen LogP contribution in [0.3, 0.4) is 0 Å². The van der Waals surface area contributed by atoms with Gasteiger partial charge in [-0.2, -0.15) is 9.78 Å². The molecule has 186 valence electrons. The Kier molecular flexibility index (Phi) is 5.69. The number of aromatic nitrogens is 2. The molecule has 4 aromatic carbocycles. The minimum absolute atomic E-state index is 0.239. The van der Waals surface area contributed by atoms with E-state index in [4.69, 9.17) is 14.1 Å². The monoisotopic (exact) mass is 503 g/mol. The molecule has 0 aliphatic carbocycles. The first kappa shape index (κ1) is 23.2. The second-order valence-corrected chi connectivity index (χ2v) is 8.76. The Balaban J connectivity index is 1.57. The zero-order valence-corrected chi connectivity index (χ0v) is 20.2. The van der Waals surface area contributed by atoms with E-state index in [0.29, 0.717) is 33.6 Å². The Morgan fingerprint density at radius 2 is 1.68 bits per heavy atom. The topological polar surface area (TPSA) is 107 Å². The fourth-order valence-electron chi connectivity index (χ4n) is 4.35. The number of carboxylic acids is 1. The van der Waals surface area contributed by atoms with Crippen molar-refractivity contribution in [2.45, 2.75) is 13.0 Å². The van der Waals surface area contributed by atoms with Crippen LogP contribution in [0.2, 0.25) is 0 Å². The van der Waals surface area contributed by atoms with Crippen LogP contribution < -0.4 is 10.3 Å². The molecule has 1 atom stereocenters. The van der Waals surface area contributed by atoms with Crippen LogP contribution in [0.5, 0.6) is 5.75 Å². The van der Waals surface area contributed by atoms with Crippen molar-refractivity contribution in [2.75, 3.05) is 0 Å². The number of aliphatic carboxylic acids is 1. The summed E-state index contributed by atoms with van der Waals surface area (Å²) in [7, 11) is 0. The Hall–Kier alpha value is -5.24. The molecule has 0 unspecified atom stereocenters. The van der Waals surface area contributed by atoms with Gasteiger partial charge in [-0.1, -0.05) is 60.7 Å². The first-order chi connectivity index (χ1) is 18.5. The van der Waals surface area contributed by atoms with E-state index in [1.54, 1.807) is 24.3 Å². The molecular formula is C30H21N3O5. The normalized spacial score (nSPS) is 12.4. The molecule has 8 heteroatoms. The summed E-state index contributed by atoms with van der Waals surface area (Å²) in [5.41, 5.74) is 1.34. The van der Waals surface area contributed by atoms with Crippen molar-refractivity contribution in [2.24, 2.45) is 5.10 Å². The molecule has 2 aromatic heterocycles. The predicted molar refractivity (Wildman–Crippen MR) is 146 cm³/mol. The number of nitrogens with zero attached hydrogens (tertiary/aromatic N) is 3. The summed E-state index contributed by atoms with van der Waals surface area (Å²) in [6, 6.07) is 27.5. The highest BCUT2D eigenvalue weighted by atomic mass is 16.5. The number of carbonyl (C=O) groups is 1. The van der Waals surface area contributed by atoms with E-state index in [1.165, 1.54) is 17.8 Å². The molecule has 0 fully saturated rings. The maximum Gasteiger partial charge on any atom is 0.344 e. The van der Waals surface area contributed by atoms with E-state index >= 15 is 0 Å². The van der Waals surface area contributed by atoms with Crippen LogP contribution in [0, 0.1) is 0 Å². The molecule has 6 aromatic rings. The lowest BCUT2D eigenvalue weighted by atomic mass is 10.0. The Labute approximate surface area is 216 Å². The van der Waals surface area contributed by atoms with Gasteiger partial charge in [-0.05, 0) is 48.0 Å². The van der Waals surface area contributed by atoms with Crippen molar-refractivity contribution in [3.05, 3.63) is 107 Å². The number of ether oxygens (including phenoxy) is 1. The summed E-state index contributed by atoms with van der Waals surface area (Å²) in [4.78, 5) is 29.8. The number of furan rings is 1. The quantitative estimate of drug-likeness (QED) is 0.292. The van der Waals surface area contributed by atoms with Gasteiger partial charge in [0.2, 0.25) is 5.82 Å². The lowest BCUT2D eigenvalue weighted by molar-refractivity contribution is -0.144. The molecule has 0 spiro atoms. The minimum Gasteiger partial charge on any atom is -0.479 e. The number of hydrogen-bond acceptors (Lipinski definition) is 6. The van der Waals surface area contributed by atoms with Gasteiger partial charge in [0.1, 0.15) is 11.3 Å². The van der Waals surface area contributed by atoms with Crippen LogP contribution in [-0.4, -0.2) is 33.1 Å². The molecule has 0 amide bonds. The van der Waals surface area contributed by atoms with Crippen LogP contribution in [0.15, 0.2) is 105 Å². The summed E-state index contributed by atoms with van der Waals surface area (Å²) in [5.74, 6) is -0.138. The van der Waals surface area contributed by atoms with Crippen LogP contribution >= 0.6 is 0 Å². The zero-order chi connectivity index (χ0) is 26.2. The van der Waals surface area contributed by atoms with Crippen molar-refractivity contribution >= 4 is 44.8 Å². The van der Waals surface area contributed by atoms with Crippen molar-refractivity contribution in [3.63, 3.8) is 0 Å². The van der Waals surface area contributed by atoms with Crippen molar-refractivity contribution < 1.29 is 19.1 Å². The average molecular weight is 504 g/mol. The lowest BCUT2D eigenvalue weighted by Gasteiger charge is -2.15. The predicted octanol–water partition coefficient (Wildman–Crippen LogP) is 5.70. The standard InChI is InChI=1S/C30H21N3O5/c1-18(30(35)36)37-26-15-14-19-8-2-4-10-21(19)23(26)17-31-33-28(27-16-20-9-3-7-13-25(20)38-27)32-24-12-6-5-11-22(24)29(33)34/h2-18H,1H3,(H,35,36)/t18-/m1/s1. The lowest BCUT2D eigenvalue weighted by Crippen LogP contribution is -2.23. The SMILES string of the molecule is C[C@@H](Oc1ccc2ccccc2c1C=Nn1c(-c2cc3ccccc3o2)nc2ccccc2c1=O)C(=O)O. The molecule has 0 saturated carbocycles. The molecule has 38 heavy (non-hydrogen) atoms. The van der Waals surface area contributed by atoms with E-state index in [-0.39, 0.29) is 11.4 Å². The number of benzene rings is 4. The number of para-hydroxylation sites is 2. The van der Waals surface area contributed by atoms with E-state index in [1.807, 2.05) is 66.7 Å². The minimum atomic E-state index is -1.09. The van der Waals surface area contributed by atoms with Gasteiger partial charge < -0.3 is 14.3 Å². The van der Waals surface area contributed by atoms with Crippen molar-refractivity contribution in [1.82, 2.24) is 9.66 Å². The van der Waals surface area contributed by atoms with Crippen LogP contribution in [0.1, 0.15) is 12.5 Å². The Bertz CT molecular complexity index is 1900. The van der Waals surface area contributed by atoms with Crippen LogP contribution in [0.4, 0.5) is 0 Å². The molecule has 2 heterocycles. The second-order valence-electron chi connectivity index (χ2n) is 8.76. The third-order valence-electron chi connectivity index (χ3n) is 6.28. The van der Waals surface area contributed by atoms with E-state index < -0.39 is 12.1 Å². The van der Waals surface area contributed by atoms with E-state index in [2.05, 4.69) is 5.10 Å². The van der Waals surface area contributed by atoms with Crippen LogP contribution in [0.25, 0.3) is 44.2 Å². The van der Waals surface area contributed by atoms with Gasteiger partial charge in [-0.15, -0.1) is 0 Å². The summed E-state index contributed by atoms with van der Waals surface area (Å²) in [6.07, 6.45) is 0.412. The molecule has 0 aliphatic rings. The highest BCUT2D eigenvalue weighted by molar-refractivity contribution is 6.02. The van der Waals surface area contributed by atoms with Gasteiger partial charge in [0.15, 0.2) is 11.9 Å². The van der Waals surface area contributed by atoms with Crippen LogP contribution in [-0.2, 0) is 4.79 Å². The first-order valence-electron chi connectivity index (χ1n) is 12.0. The van der Waals surface area contributed by atoms with E-state index in [9.17, 15) is 14.7 Å². The Morgan fingerprint density at radius 3 is 2.47 bits per heavy atom. The smallest absolute Gasteiger partial charge is 0.344 e. The molecule has 0 saturated heterocycles. The number of rotatable bonds is 6. The summed E-state index contributed by atoms with van der Waals surface area (Å²) >= 11 is 0. The molecule has 8 nitrogen and oxygen atoms in total. The number of carboxylic acid groups (broad SMARTS) is 1. The van der Waals surface area contributed by atoms with Gasteiger partial charge in [0, 0.05) is 10.9 Å².